The van der Waals surface area contributed by atoms with Crippen LogP contribution in [0.5, 0.6) is 0 Å². The monoisotopic (exact) mass is 328 g/mol. The smallest absolute Gasteiger partial charge is 0.327 e. The first kappa shape index (κ1) is 16.3. The van der Waals surface area contributed by atoms with Gasteiger partial charge in [-0.2, -0.15) is 5.26 Å². The van der Waals surface area contributed by atoms with Crippen LogP contribution in [-0.4, -0.2) is 39.0 Å². The first-order valence-electron chi connectivity index (χ1n) is 6.05. The Bertz CT molecular complexity index is 774. The Balaban J connectivity index is 2.63. The van der Waals surface area contributed by atoms with Crippen molar-refractivity contribution in [3.63, 3.8) is 0 Å². The number of hydrogen-bond donors (Lipinski definition) is 2. The summed E-state index contributed by atoms with van der Waals surface area (Å²) in [5.41, 5.74) is -1.53. The zero-order chi connectivity index (χ0) is 17.5. The number of halogens is 3. The number of carboxylic acid groups (broad SMARTS) is 2. The Kier molecular flexibility index (Phi) is 3.97. The van der Waals surface area contributed by atoms with Gasteiger partial charge >= 0.3 is 11.9 Å². The van der Waals surface area contributed by atoms with E-state index in [1.165, 1.54) is 6.07 Å². The maximum Gasteiger partial charge on any atom is 0.327 e. The molecule has 7 nitrogen and oxygen atoms in total. The molecule has 1 amide bonds. The Labute approximate surface area is 126 Å². The normalized spacial score (nSPS) is 17.6. The second-order valence-corrected chi connectivity index (χ2v) is 4.65. The van der Waals surface area contributed by atoms with Crippen LogP contribution in [0.4, 0.5) is 13.2 Å². The van der Waals surface area contributed by atoms with Crippen molar-refractivity contribution in [2.45, 2.75) is 18.5 Å². The van der Waals surface area contributed by atoms with Gasteiger partial charge in [0.1, 0.15) is 12.1 Å². The summed E-state index contributed by atoms with van der Waals surface area (Å²) in [4.78, 5) is 34.4. The molecule has 23 heavy (non-hydrogen) atoms. The number of nitrogens with zero attached hydrogens (tertiary/aromatic N) is 2. The third-order valence-corrected chi connectivity index (χ3v) is 3.33. The van der Waals surface area contributed by atoms with Crippen LogP contribution < -0.4 is 0 Å². The number of hydrogen-bond acceptors (Lipinski definition) is 4. The van der Waals surface area contributed by atoms with Gasteiger partial charge in [-0.15, -0.1) is 0 Å². The van der Waals surface area contributed by atoms with Crippen molar-refractivity contribution in [2.75, 3.05) is 0 Å². The zero-order valence-corrected chi connectivity index (χ0v) is 11.1. The molecule has 0 bridgehead atoms. The highest BCUT2D eigenvalue weighted by molar-refractivity contribution is 6.02. The van der Waals surface area contributed by atoms with Crippen molar-refractivity contribution in [1.82, 2.24) is 4.90 Å². The molecular weight excluding hydrogens is 321 g/mol. The summed E-state index contributed by atoms with van der Waals surface area (Å²) >= 11 is 0. The molecule has 120 valence electrons. The van der Waals surface area contributed by atoms with Crippen molar-refractivity contribution >= 4 is 17.8 Å². The van der Waals surface area contributed by atoms with E-state index in [9.17, 15) is 27.6 Å². The molecule has 0 aromatic heterocycles. The van der Waals surface area contributed by atoms with Crippen LogP contribution in [0, 0.1) is 28.8 Å². The van der Waals surface area contributed by atoms with E-state index >= 15 is 0 Å². The van der Waals surface area contributed by atoms with Gasteiger partial charge in [0.2, 0.25) is 0 Å². The number of carbonyl (C=O) groups is 3. The van der Waals surface area contributed by atoms with Crippen LogP contribution >= 0.6 is 0 Å². The number of carbonyl (C=O) groups excluding carboxylic acids is 1. The van der Waals surface area contributed by atoms with Crippen molar-refractivity contribution in [3.8, 4) is 6.07 Å². The number of amides is 1. The molecule has 1 heterocycles. The van der Waals surface area contributed by atoms with E-state index in [-0.39, 0.29) is 0 Å². The Morgan fingerprint density at radius 1 is 1.30 bits per heavy atom. The molecule has 1 aliphatic heterocycles. The summed E-state index contributed by atoms with van der Waals surface area (Å²) in [6.07, 6.45) is -1.07. The third kappa shape index (κ3) is 2.46. The summed E-state index contributed by atoms with van der Waals surface area (Å²) < 4.78 is 40.4. The lowest BCUT2D eigenvalue weighted by atomic mass is 10.0. The largest absolute Gasteiger partial charge is 0.481 e. The van der Waals surface area contributed by atoms with Gasteiger partial charge in [-0.25, -0.2) is 18.0 Å². The Morgan fingerprint density at radius 3 is 2.39 bits per heavy atom. The van der Waals surface area contributed by atoms with E-state index in [0.717, 1.165) is 0 Å². The summed E-state index contributed by atoms with van der Waals surface area (Å²) in [6.45, 7) is 0. The number of nitriles is 1. The van der Waals surface area contributed by atoms with Crippen LogP contribution in [-0.2, 0) is 9.59 Å². The average Bonchev–Trinajstić information content (AvgIpc) is 2.73. The number of carboxylic acids is 2. The Morgan fingerprint density at radius 2 is 1.91 bits per heavy atom. The zero-order valence-electron chi connectivity index (χ0n) is 11.1. The number of benzene rings is 1. The van der Waals surface area contributed by atoms with Gasteiger partial charge in [0.15, 0.2) is 17.5 Å². The van der Waals surface area contributed by atoms with Crippen molar-refractivity contribution < 1.29 is 37.8 Å². The fraction of sp³-hybridized carbons (Fsp3) is 0.231. The lowest BCUT2D eigenvalue weighted by Gasteiger charge is -2.26. The van der Waals surface area contributed by atoms with Crippen LogP contribution in [0.15, 0.2) is 6.07 Å². The quantitative estimate of drug-likeness (QED) is 0.798. The van der Waals surface area contributed by atoms with Gasteiger partial charge in [0.05, 0.1) is 18.1 Å². The average molecular weight is 328 g/mol. The minimum atomic E-state index is -2.00. The van der Waals surface area contributed by atoms with Gasteiger partial charge in [-0.3, -0.25) is 9.59 Å². The first-order valence-corrected chi connectivity index (χ1v) is 6.05. The Hall–Kier alpha value is -3.09. The van der Waals surface area contributed by atoms with Gasteiger partial charge in [-0.1, -0.05) is 0 Å². The minimum Gasteiger partial charge on any atom is -0.481 e. The lowest BCUT2D eigenvalue weighted by molar-refractivity contribution is -0.149. The highest BCUT2D eigenvalue weighted by atomic mass is 19.2. The van der Waals surface area contributed by atoms with Crippen molar-refractivity contribution in [3.05, 3.63) is 34.6 Å². The van der Waals surface area contributed by atoms with E-state index < -0.39 is 64.9 Å². The summed E-state index contributed by atoms with van der Waals surface area (Å²) in [5.74, 6) is -10.2. The van der Waals surface area contributed by atoms with E-state index in [1.54, 1.807) is 0 Å². The van der Waals surface area contributed by atoms with Gasteiger partial charge in [0.25, 0.3) is 5.91 Å². The van der Waals surface area contributed by atoms with Crippen molar-refractivity contribution in [1.29, 1.82) is 5.26 Å². The van der Waals surface area contributed by atoms with Crippen molar-refractivity contribution in [2.24, 2.45) is 0 Å². The molecule has 0 saturated heterocycles. The molecular formula is C13H7F3N2O5. The topological polar surface area (TPSA) is 119 Å². The maximum atomic E-state index is 13.8. The molecule has 1 aliphatic rings. The van der Waals surface area contributed by atoms with Gasteiger partial charge in [0, 0.05) is 5.56 Å². The van der Waals surface area contributed by atoms with Gasteiger partial charge < -0.3 is 15.1 Å². The summed E-state index contributed by atoms with van der Waals surface area (Å²) in [6, 6.07) is -1.85. The molecule has 2 atom stereocenters. The first-order chi connectivity index (χ1) is 10.7. The molecule has 0 fully saturated rings. The molecule has 0 spiro atoms. The third-order valence-electron chi connectivity index (χ3n) is 3.33. The predicted molar refractivity (Wildman–Crippen MR) is 64.5 cm³/mol. The molecule has 0 aliphatic carbocycles. The molecule has 1 aromatic carbocycles. The van der Waals surface area contributed by atoms with Gasteiger partial charge in [-0.05, 0) is 6.07 Å². The second-order valence-electron chi connectivity index (χ2n) is 4.65. The van der Waals surface area contributed by atoms with Crippen LogP contribution in [0.1, 0.15) is 28.4 Å². The van der Waals surface area contributed by atoms with Crippen LogP contribution in [0.25, 0.3) is 0 Å². The lowest BCUT2D eigenvalue weighted by Crippen LogP contribution is -2.44. The molecule has 0 radical (unpaired) electrons. The maximum absolute atomic E-state index is 13.8. The molecule has 0 saturated carbocycles. The minimum absolute atomic E-state index is 0.295. The van der Waals surface area contributed by atoms with E-state index in [4.69, 9.17) is 15.5 Å². The molecule has 10 heteroatoms. The second kappa shape index (κ2) is 5.60. The highest BCUT2D eigenvalue weighted by Gasteiger charge is 2.47. The molecule has 2 N–H and O–H groups in total. The number of rotatable bonds is 4. The van der Waals surface area contributed by atoms with Crippen LogP contribution in [0.2, 0.25) is 0 Å². The fourth-order valence-corrected chi connectivity index (χ4v) is 2.37. The molecule has 1 aromatic rings. The SMILES string of the molecule is N#CC1c2cc(F)c(F)c(F)c2C(=O)N1C(CC(=O)O)C(=O)O. The summed E-state index contributed by atoms with van der Waals surface area (Å²) in [5, 5.41) is 26.9. The highest BCUT2D eigenvalue weighted by Crippen LogP contribution is 2.38. The molecule has 2 rings (SSSR count). The number of aliphatic carboxylic acids is 2. The summed E-state index contributed by atoms with van der Waals surface area (Å²) in [7, 11) is 0. The van der Waals surface area contributed by atoms with Crippen LogP contribution in [0.3, 0.4) is 0 Å². The molecule has 2 unspecified atom stereocenters. The van der Waals surface area contributed by atoms with E-state index in [2.05, 4.69) is 0 Å². The van der Waals surface area contributed by atoms with E-state index in [1.807, 2.05) is 0 Å². The van der Waals surface area contributed by atoms with E-state index in [0.29, 0.717) is 11.0 Å². The number of fused-ring (bicyclic) bond motifs is 1. The predicted octanol–water partition coefficient (Wildman–Crippen LogP) is 1.05. The standard InChI is InChI=1S/C13H7F3N2O5/c14-5-1-4-7(3-17)18(6(13(22)23)2-8(19)20)12(21)9(4)11(16)10(5)15/h1,6-7H,2H2,(H,19,20)(H,22,23). The fourth-order valence-electron chi connectivity index (χ4n) is 2.37.